The van der Waals surface area contributed by atoms with Crippen LogP contribution in [0.2, 0.25) is 0 Å². The van der Waals surface area contributed by atoms with Crippen LogP contribution in [0.4, 0.5) is 0 Å². The van der Waals surface area contributed by atoms with E-state index in [-0.39, 0.29) is 5.25 Å². The number of rotatable bonds is 3. The molecule has 0 fully saturated rings. The molecule has 1 aliphatic carbocycles. The van der Waals surface area contributed by atoms with E-state index in [1.807, 2.05) is 6.92 Å². The van der Waals surface area contributed by atoms with E-state index in [1.54, 1.807) is 11.3 Å². The number of aryl methyl sites for hydroxylation is 1. The molecule has 2 aromatic rings. The zero-order valence-corrected chi connectivity index (χ0v) is 13.1. The molecule has 2 aromatic heterocycles. The fourth-order valence-corrected chi connectivity index (χ4v) is 4.05. The van der Waals surface area contributed by atoms with Gasteiger partial charge in [0.05, 0.1) is 16.2 Å². The first-order chi connectivity index (χ1) is 9.65. The van der Waals surface area contributed by atoms with Gasteiger partial charge in [-0.15, -0.1) is 21.5 Å². The van der Waals surface area contributed by atoms with Crippen molar-refractivity contribution in [1.82, 2.24) is 10.2 Å². The predicted molar refractivity (Wildman–Crippen MR) is 79.7 cm³/mol. The standard InChI is InChI=1S/C14H15N3OS2/c1-8-3-4-11-10(5-8)6-12(20-11)13-16-17-14(18-13)19-9(2)7-15/h6,8-9H,3-5H2,1-2H3/t8-,9-/m1/s1. The van der Waals surface area contributed by atoms with Crippen LogP contribution in [-0.4, -0.2) is 15.4 Å². The van der Waals surface area contributed by atoms with Crippen molar-refractivity contribution in [2.45, 2.75) is 43.6 Å². The molecule has 0 radical (unpaired) electrons. The highest BCUT2D eigenvalue weighted by molar-refractivity contribution is 7.99. The number of thiophene rings is 1. The van der Waals surface area contributed by atoms with Crippen molar-refractivity contribution in [3.05, 3.63) is 16.5 Å². The average Bonchev–Trinajstić information content (AvgIpc) is 3.04. The Kier molecular flexibility index (Phi) is 3.81. The van der Waals surface area contributed by atoms with E-state index < -0.39 is 0 Å². The minimum absolute atomic E-state index is 0.180. The molecule has 2 atom stereocenters. The SMILES string of the molecule is C[C@@H]1CCc2sc(-c3nnc(S[C@H](C)C#N)o3)cc2C1. The summed E-state index contributed by atoms with van der Waals surface area (Å²) in [6.45, 7) is 4.12. The van der Waals surface area contributed by atoms with E-state index in [1.165, 1.54) is 28.6 Å². The summed E-state index contributed by atoms with van der Waals surface area (Å²) in [5.41, 5.74) is 1.43. The topological polar surface area (TPSA) is 62.7 Å². The Morgan fingerprint density at radius 1 is 1.55 bits per heavy atom. The van der Waals surface area contributed by atoms with Crippen LogP contribution in [0.25, 0.3) is 10.8 Å². The van der Waals surface area contributed by atoms with Crippen LogP contribution in [0.3, 0.4) is 0 Å². The molecule has 0 bridgehead atoms. The molecule has 6 heteroatoms. The lowest BCUT2D eigenvalue weighted by atomic mass is 9.90. The Bertz CT molecular complexity index is 656. The third-order valence-electron chi connectivity index (χ3n) is 3.41. The van der Waals surface area contributed by atoms with Crippen LogP contribution in [0.1, 0.15) is 30.7 Å². The molecule has 0 spiro atoms. The molecular weight excluding hydrogens is 290 g/mol. The second-order valence-corrected chi connectivity index (χ2v) is 7.60. The maximum absolute atomic E-state index is 8.80. The molecule has 0 unspecified atom stereocenters. The highest BCUT2D eigenvalue weighted by Crippen LogP contribution is 2.37. The molecule has 20 heavy (non-hydrogen) atoms. The number of nitrogens with zero attached hydrogens (tertiary/aromatic N) is 3. The lowest BCUT2D eigenvalue weighted by molar-refractivity contribution is 0.466. The molecule has 4 nitrogen and oxygen atoms in total. The molecule has 0 saturated heterocycles. The first-order valence-corrected chi connectivity index (χ1v) is 8.37. The van der Waals surface area contributed by atoms with Crippen LogP contribution >= 0.6 is 23.1 Å². The normalized spacial score (nSPS) is 19.4. The van der Waals surface area contributed by atoms with E-state index in [0.717, 1.165) is 23.6 Å². The average molecular weight is 305 g/mol. The predicted octanol–water partition coefficient (Wildman–Crippen LogP) is 3.93. The van der Waals surface area contributed by atoms with Gasteiger partial charge in [0.1, 0.15) is 0 Å². The highest BCUT2D eigenvalue weighted by atomic mass is 32.2. The van der Waals surface area contributed by atoms with E-state index in [2.05, 4.69) is 29.3 Å². The molecule has 1 aliphatic rings. The summed E-state index contributed by atoms with van der Waals surface area (Å²) in [6.07, 6.45) is 3.56. The fraction of sp³-hybridized carbons (Fsp3) is 0.500. The lowest BCUT2D eigenvalue weighted by Crippen LogP contribution is -2.07. The van der Waals surface area contributed by atoms with Gasteiger partial charge in [-0.2, -0.15) is 5.26 Å². The summed E-state index contributed by atoms with van der Waals surface area (Å²) >= 11 is 3.06. The van der Waals surface area contributed by atoms with Gasteiger partial charge in [0, 0.05) is 4.88 Å². The fourth-order valence-electron chi connectivity index (χ4n) is 2.35. The van der Waals surface area contributed by atoms with E-state index >= 15 is 0 Å². The van der Waals surface area contributed by atoms with Crippen LogP contribution in [-0.2, 0) is 12.8 Å². The second kappa shape index (κ2) is 5.58. The first kappa shape index (κ1) is 13.7. The maximum atomic E-state index is 8.80. The molecule has 104 valence electrons. The number of hydrogen-bond acceptors (Lipinski definition) is 6. The van der Waals surface area contributed by atoms with Crippen LogP contribution in [0.5, 0.6) is 0 Å². The molecule has 0 aromatic carbocycles. The van der Waals surface area contributed by atoms with Crippen LogP contribution in [0, 0.1) is 17.2 Å². The number of fused-ring (bicyclic) bond motifs is 1. The molecule has 0 aliphatic heterocycles. The number of aromatic nitrogens is 2. The number of hydrogen-bond donors (Lipinski definition) is 0. The van der Waals surface area contributed by atoms with Crippen molar-refractivity contribution in [3.63, 3.8) is 0 Å². The largest absolute Gasteiger partial charge is 0.410 e. The van der Waals surface area contributed by atoms with Crippen molar-refractivity contribution >= 4 is 23.1 Å². The first-order valence-electron chi connectivity index (χ1n) is 6.67. The third kappa shape index (κ3) is 2.74. The summed E-state index contributed by atoms with van der Waals surface area (Å²) in [6, 6.07) is 4.33. The van der Waals surface area contributed by atoms with E-state index in [0.29, 0.717) is 11.1 Å². The van der Waals surface area contributed by atoms with Gasteiger partial charge in [0.15, 0.2) is 0 Å². The lowest BCUT2D eigenvalue weighted by Gasteiger charge is -2.16. The van der Waals surface area contributed by atoms with Crippen LogP contribution < -0.4 is 0 Å². The summed E-state index contributed by atoms with van der Waals surface area (Å²) in [5, 5.41) is 17.2. The van der Waals surface area contributed by atoms with Gasteiger partial charge in [0.2, 0.25) is 0 Å². The zero-order valence-electron chi connectivity index (χ0n) is 11.4. The van der Waals surface area contributed by atoms with Crippen molar-refractivity contribution < 1.29 is 4.42 Å². The Hall–Kier alpha value is -1.32. The summed E-state index contributed by atoms with van der Waals surface area (Å²) in [5.74, 6) is 1.33. The van der Waals surface area contributed by atoms with Gasteiger partial charge in [0.25, 0.3) is 11.1 Å². The number of thioether (sulfide) groups is 1. The third-order valence-corrected chi connectivity index (χ3v) is 5.46. The Balaban J connectivity index is 1.82. The summed E-state index contributed by atoms with van der Waals surface area (Å²) in [7, 11) is 0. The smallest absolute Gasteiger partial charge is 0.278 e. The van der Waals surface area contributed by atoms with Crippen molar-refractivity contribution in [2.24, 2.45) is 5.92 Å². The molecule has 2 heterocycles. The highest BCUT2D eigenvalue weighted by Gasteiger charge is 2.21. The van der Waals surface area contributed by atoms with Gasteiger partial charge >= 0.3 is 0 Å². The summed E-state index contributed by atoms with van der Waals surface area (Å²) in [4.78, 5) is 2.50. The van der Waals surface area contributed by atoms with Gasteiger partial charge in [-0.1, -0.05) is 6.92 Å². The minimum atomic E-state index is -0.180. The van der Waals surface area contributed by atoms with Crippen LogP contribution in [0.15, 0.2) is 15.7 Å². The van der Waals surface area contributed by atoms with Gasteiger partial charge in [-0.3, -0.25) is 0 Å². The zero-order chi connectivity index (χ0) is 14.1. The Morgan fingerprint density at radius 3 is 3.20 bits per heavy atom. The van der Waals surface area contributed by atoms with Crippen molar-refractivity contribution in [1.29, 1.82) is 5.26 Å². The van der Waals surface area contributed by atoms with Gasteiger partial charge in [-0.05, 0) is 55.5 Å². The van der Waals surface area contributed by atoms with Gasteiger partial charge < -0.3 is 4.42 Å². The minimum Gasteiger partial charge on any atom is -0.410 e. The van der Waals surface area contributed by atoms with Crippen molar-refractivity contribution in [2.75, 3.05) is 0 Å². The van der Waals surface area contributed by atoms with Crippen molar-refractivity contribution in [3.8, 4) is 16.8 Å². The Labute approximate surface area is 126 Å². The summed E-state index contributed by atoms with van der Waals surface area (Å²) < 4.78 is 5.65. The van der Waals surface area contributed by atoms with E-state index in [9.17, 15) is 0 Å². The maximum Gasteiger partial charge on any atom is 0.278 e. The molecular formula is C14H15N3OS2. The molecule has 0 N–H and O–H groups in total. The quantitative estimate of drug-likeness (QED) is 0.804. The second-order valence-electron chi connectivity index (χ2n) is 5.17. The Morgan fingerprint density at radius 2 is 2.40 bits per heavy atom. The number of nitriles is 1. The van der Waals surface area contributed by atoms with E-state index in [4.69, 9.17) is 9.68 Å². The molecule has 0 amide bonds. The molecule has 3 rings (SSSR count). The monoisotopic (exact) mass is 305 g/mol. The molecule has 0 saturated carbocycles. The van der Waals surface area contributed by atoms with Gasteiger partial charge in [-0.25, -0.2) is 0 Å².